The molecule has 102 valence electrons. The molecule has 0 aliphatic heterocycles. The molecule has 1 aromatic rings. The van der Waals surface area contributed by atoms with Gasteiger partial charge in [-0.3, -0.25) is 0 Å². The Hall–Kier alpha value is -0.900. The lowest BCUT2D eigenvalue weighted by Crippen LogP contribution is -2.17. The van der Waals surface area contributed by atoms with E-state index in [1.807, 2.05) is 0 Å². The normalized spacial score (nSPS) is 11.1. The molecule has 0 bridgehead atoms. The maximum absolute atomic E-state index is 5.61. The second kappa shape index (κ2) is 9.09. The smallest absolute Gasteiger partial charge is 0.0717 e. The largest absolute Gasteiger partial charge is 0.375 e. The first-order chi connectivity index (χ1) is 8.72. The fourth-order valence-electron chi connectivity index (χ4n) is 1.65. The molecule has 0 amide bonds. The molecule has 1 N–H and O–H groups in total. The van der Waals surface area contributed by atoms with Crippen LogP contribution in [0.25, 0.3) is 0 Å². The van der Waals surface area contributed by atoms with Gasteiger partial charge < -0.3 is 15.0 Å². The zero-order valence-corrected chi connectivity index (χ0v) is 11.9. The first-order valence-corrected chi connectivity index (χ1v) is 6.73. The summed E-state index contributed by atoms with van der Waals surface area (Å²) in [6.07, 6.45) is 1.09. The third-order valence-electron chi connectivity index (χ3n) is 2.81. The molecule has 1 rings (SSSR count). The second-order valence-electron chi connectivity index (χ2n) is 4.78. The van der Waals surface area contributed by atoms with Crippen molar-refractivity contribution in [3.05, 3.63) is 35.4 Å². The molecule has 0 saturated carbocycles. The van der Waals surface area contributed by atoms with E-state index in [0.717, 1.165) is 32.7 Å². The van der Waals surface area contributed by atoms with Crippen molar-refractivity contribution in [2.75, 3.05) is 40.3 Å². The van der Waals surface area contributed by atoms with Gasteiger partial charge in [-0.2, -0.15) is 0 Å². The number of likely N-dealkylation sites (N-methyl/N-ethyl adjacent to an activating group) is 2. The van der Waals surface area contributed by atoms with Gasteiger partial charge in [0, 0.05) is 6.54 Å². The summed E-state index contributed by atoms with van der Waals surface area (Å²) in [7, 11) is 4.12. The zero-order valence-electron chi connectivity index (χ0n) is 11.9. The van der Waals surface area contributed by atoms with Gasteiger partial charge in [-0.05, 0) is 44.7 Å². The maximum atomic E-state index is 5.61. The molecule has 0 atom stereocenters. The van der Waals surface area contributed by atoms with Gasteiger partial charge in [-0.15, -0.1) is 0 Å². The molecule has 0 aliphatic rings. The number of ether oxygens (including phenoxy) is 1. The fraction of sp³-hybridized carbons (Fsp3) is 0.600. The van der Waals surface area contributed by atoms with Crippen LogP contribution >= 0.6 is 0 Å². The van der Waals surface area contributed by atoms with Crippen LogP contribution in [0.3, 0.4) is 0 Å². The first kappa shape index (κ1) is 15.2. The van der Waals surface area contributed by atoms with Crippen molar-refractivity contribution in [2.24, 2.45) is 0 Å². The number of benzene rings is 1. The summed E-state index contributed by atoms with van der Waals surface area (Å²) in [5.74, 6) is 0. The summed E-state index contributed by atoms with van der Waals surface area (Å²) in [5.41, 5.74) is 2.63. The highest BCUT2D eigenvalue weighted by atomic mass is 16.5. The number of rotatable bonds is 9. The van der Waals surface area contributed by atoms with Crippen LogP contribution < -0.4 is 5.32 Å². The number of nitrogens with zero attached hydrogens (tertiary/aromatic N) is 1. The number of hydrogen-bond acceptors (Lipinski definition) is 3. The zero-order chi connectivity index (χ0) is 13.2. The van der Waals surface area contributed by atoms with Gasteiger partial charge in [0.1, 0.15) is 0 Å². The van der Waals surface area contributed by atoms with E-state index < -0.39 is 0 Å². The molecule has 0 spiro atoms. The van der Waals surface area contributed by atoms with Crippen molar-refractivity contribution in [2.45, 2.75) is 20.0 Å². The van der Waals surface area contributed by atoms with Gasteiger partial charge in [-0.25, -0.2) is 0 Å². The topological polar surface area (TPSA) is 24.5 Å². The third-order valence-corrected chi connectivity index (χ3v) is 2.81. The average Bonchev–Trinajstić information content (AvgIpc) is 2.36. The summed E-state index contributed by atoms with van der Waals surface area (Å²) >= 11 is 0. The Morgan fingerprint density at radius 1 is 1.11 bits per heavy atom. The Bertz CT molecular complexity index is 309. The summed E-state index contributed by atoms with van der Waals surface area (Å²) in [5, 5.41) is 3.33. The summed E-state index contributed by atoms with van der Waals surface area (Å²) < 4.78 is 5.61. The molecular formula is C15H26N2O. The lowest BCUT2D eigenvalue weighted by Gasteiger charge is -2.10. The van der Waals surface area contributed by atoms with Gasteiger partial charge in [0.2, 0.25) is 0 Å². The molecule has 0 aromatic heterocycles. The van der Waals surface area contributed by atoms with Gasteiger partial charge in [0.05, 0.1) is 13.2 Å². The van der Waals surface area contributed by atoms with E-state index in [2.05, 4.69) is 55.5 Å². The van der Waals surface area contributed by atoms with Crippen molar-refractivity contribution in [1.29, 1.82) is 0 Å². The molecule has 3 nitrogen and oxygen atoms in total. The SMILES string of the molecule is CCNCCc1ccc(COCCN(C)C)cc1. The molecule has 0 heterocycles. The molecule has 3 heteroatoms. The van der Waals surface area contributed by atoms with E-state index in [1.165, 1.54) is 11.1 Å². The van der Waals surface area contributed by atoms with Gasteiger partial charge in [-0.1, -0.05) is 31.2 Å². The van der Waals surface area contributed by atoms with E-state index in [9.17, 15) is 0 Å². The lowest BCUT2D eigenvalue weighted by atomic mass is 10.1. The Kier molecular flexibility index (Phi) is 7.65. The van der Waals surface area contributed by atoms with Crippen LogP contribution in [0.1, 0.15) is 18.1 Å². The van der Waals surface area contributed by atoms with Crippen LogP contribution in [0.5, 0.6) is 0 Å². The lowest BCUT2D eigenvalue weighted by molar-refractivity contribution is 0.105. The van der Waals surface area contributed by atoms with E-state index >= 15 is 0 Å². The number of nitrogens with one attached hydrogen (secondary N) is 1. The molecular weight excluding hydrogens is 224 g/mol. The Morgan fingerprint density at radius 3 is 2.39 bits per heavy atom. The minimum Gasteiger partial charge on any atom is -0.375 e. The van der Waals surface area contributed by atoms with Gasteiger partial charge >= 0.3 is 0 Å². The maximum Gasteiger partial charge on any atom is 0.0717 e. The third kappa shape index (κ3) is 6.74. The quantitative estimate of drug-likeness (QED) is 0.678. The van der Waals surface area contributed by atoms with E-state index in [4.69, 9.17) is 4.74 Å². The molecule has 0 saturated heterocycles. The molecule has 0 aliphatic carbocycles. The van der Waals surface area contributed by atoms with Crippen LogP contribution in [0, 0.1) is 0 Å². The second-order valence-corrected chi connectivity index (χ2v) is 4.78. The molecule has 0 unspecified atom stereocenters. The van der Waals surface area contributed by atoms with Crippen LogP contribution in [-0.2, 0) is 17.8 Å². The molecule has 0 fully saturated rings. The van der Waals surface area contributed by atoms with Crippen LogP contribution in [-0.4, -0.2) is 45.2 Å². The van der Waals surface area contributed by atoms with Crippen molar-refractivity contribution in [3.63, 3.8) is 0 Å². The highest BCUT2D eigenvalue weighted by Crippen LogP contribution is 2.06. The Labute approximate surface area is 111 Å². The van der Waals surface area contributed by atoms with Crippen molar-refractivity contribution in [1.82, 2.24) is 10.2 Å². The van der Waals surface area contributed by atoms with E-state index in [1.54, 1.807) is 0 Å². The van der Waals surface area contributed by atoms with E-state index in [-0.39, 0.29) is 0 Å². The Balaban J connectivity index is 2.23. The van der Waals surface area contributed by atoms with E-state index in [0.29, 0.717) is 6.61 Å². The number of hydrogen-bond donors (Lipinski definition) is 1. The van der Waals surface area contributed by atoms with Crippen LogP contribution in [0.2, 0.25) is 0 Å². The standard InChI is InChI=1S/C15H26N2O/c1-4-16-10-9-14-5-7-15(8-6-14)13-18-12-11-17(2)3/h5-8,16H,4,9-13H2,1-3H3. The molecule has 0 radical (unpaired) electrons. The van der Waals surface area contributed by atoms with Crippen molar-refractivity contribution >= 4 is 0 Å². The predicted octanol–water partition coefficient (Wildman–Crippen LogP) is 1.92. The van der Waals surface area contributed by atoms with Crippen molar-refractivity contribution in [3.8, 4) is 0 Å². The summed E-state index contributed by atoms with van der Waals surface area (Å²) in [6.45, 7) is 6.69. The Morgan fingerprint density at radius 2 is 1.78 bits per heavy atom. The van der Waals surface area contributed by atoms with Gasteiger partial charge in [0.15, 0.2) is 0 Å². The summed E-state index contributed by atoms with van der Waals surface area (Å²) in [6, 6.07) is 8.72. The van der Waals surface area contributed by atoms with Crippen molar-refractivity contribution < 1.29 is 4.74 Å². The fourth-order valence-corrected chi connectivity index (χ4v) is 1.65. The average molecular weight is 250 g/mol. The highest BCUT2D eigenvalue weighted by molar-refractivity contribution is 5.22. The first-order valence-electron chi connectivity index (χ1n) is 6.73. The minimum absolute atomic E-state index is 0.710. The predicted molar refractivity (Wildman–Crippen MR) is 76.9 cm³/mol. The highest BCUT2D eigenvalue weighted by Gasteiger charge is 1.96. The molecule has 1 aromatic carbocycles. The van der Waals surface area contributed by atoms with Crippen LogP contribution in [0.15, 0.2) is 24.3 Å². The van der Waals surface area contributed by atoms with Gasteiger partial charge in [0.25, 0.3) is 0 Å². The molecule has 18 heavy (non-hydrogen) atoms. The van der Waals surface area contributed by atoms with Crippen LogP contribution in [0.4, 0.5) is 0 Å². The minimum atomic E-state index is 0.710. The summed E-state index contributed by atoms with van der Waals surface area (Å²) in [4.78, 5) is 2.13. The monoisotopic (exact) mass is 250 g/mol.